The van der Waals surface area contributed by atoms with Crippen LogP contribution in [0.4, 0.5) is 5.69 Å². The number of carbonyl (C=O) groups is 1. The van der Waals surface area contributed by atoms with Crippen molar-refractivity contribution in [2.45, 2.75) is 12.8 Å². The number of benzene rings is 1. The summed E-state index contributed by atoms with van der Waals surface area (Å²) < 4.78 is 0. The van der Waals surface area contributed by atoms with Gasteiger partial charge in [0.05, 0.1) is 0 Å². The molecule has 24 heavy (non-hydrogen) atoms. The van der Waals surface area contributed by atoms with Crippen LogP contribution >= 0.6 is 0 Å². The van der Waals surface area contributed by atoms with Gasteiger partial charge in [0.1, 0.15) is 11.4 Å². The highest BCUT2D eigenvalue weighted by molar-refractivity contribution is 5.96. The summed E-state index contributed by atoms with van der Waals surface area (Å²) in [6, 6.07) is 10.0. The molecule has 0 radical (unpaired) electrons. The molecule has 4 N–H and O–H groups in total. The van der Waals surface area contributed by atoms with E-state index < -0.39 is 17.2 Å². The smallest absolute Gasteiger partial charge is 0.326 e. The van der Waals surface area contributed by atoms with E-state index >= 15 is 0 Å². The van der Waals surface area contributed by atoms with Crippen molar-refractivity contribution in [2.75, 3.05) is 18.8 Å². The number of anilines is 1. The lowest BCUT2D eigenvalue weighted by Gasteiger charge is -2.28. The predicted molar refractivity (Wildman–Crippen MR) is 91.7 cm³/mol. The van der Waals surface area contributed by atoms with E-state index in [2.05, 4.69) is 11.1 Å². The first-order chi connectivity index (χ1) is 11.5. The first kappa shape index (κ1) is 15.8. The van der Waals surface area contributed by atoms with Gasteiger partial charge in [-0.05, 0) is 18.4 Å². The first-order valence-corrected chi connectivity index (χ1v) is 7.70. The number of rotatable bonds is 2. The highest BCUT2D eigenvalue weighted by Crippen LogP contribution is 2.21. The standard InChI is InChI=1S/C17H18N4O3/c18-13-14(19-17(24)20-15(13)22)16(23)21-8-6-12(7-9-21)10-11-4-2-1-3-5-11/h1-5,10H,6-9,18H2,(H2,19,20,22,24). The molecule has 1 aromatic heterocycles. The van der Waals surface area contributed by atoms with Gasteiger partial charge < -0.3 is 15.6 Å². The highest BCUT2D eigenvalue weighted by Gasteiger charge is 2.23. The number of likely N-dealkylation sites (tertiary alicyclic amines) is 1. The molecule has 1 amide bonds. The van der Waals surface area contributed by atoms with Crippen LogP contribution in [0.3, 0.4) is 0 Å². The second kappa shape index (κ2) is 6.57. The van der Waals surface area contributed by atoms with Crippen molar-refractivity contribution in [1.82, 2.24) is 14.9 Å². The minimum atomic E-state index is -0.747. The van der Waals surface area contributed by atoms with E-state index in [-0.39, 0.29) is 11.4 Å². The number of aromatic amines is 2. The number of carbonyl (C=O) groups excluding carboxylic acids is 1. The lowest BCUT2D eigenvalue weighted by atomic mass is 10.0. The lowest BCUT2D eigenvalue weighted by molar-refractivity contribution is 0.0738. The summed E-state index contributed by atoms with van der Waals surface area (Å²) in [7, 11) is 0. The molecule has 0 atom stereocenters. The van der Waals surface area contributed by atoms with Crippen LogP contribution in [0.1, 0.15) is 28.9 Å². The van der Waals surface area contributed by atoms with Gasteiger partial charge in [-0.1, -0.05) is 42.0 Å². The number of amides is 1. The molecule has 7 nitrogen and oxygen atoms in total. The molecule has 124 valence electrons. The van der Waals surface area contributed by atoms with E-state index in [4.69, 9.17) is 5.73 Å². The number of hydrogen-bond acceptors (Lipinski definition) is 4. The van der Waals surface area contributed by atoms with Crippen LogP contribution in [0.5, 0.6) is 0 Å². The summed E-state index contributed by atoms with van der Waals surface area (Å²) in [5.74, 6) is -0.422. The zero-order valence-electron chi connectivity index (χ0n) is 13.0. The third-order valence-corrected chi connectivity index (χ3v) is 4.06. The molecule has 7 heteroatoms. The van der Waals surface area contributed by atoms with Gasteiger partial charge in [-0.15, -0.1) is 0 Å². The van der Waals surface area contributed by atoms with E-state index in [1.807, 2.05) is 35.3 Å². The second-order valence-corrected chi connectivity index (χ2v) is 5.70. The van der Waals surface area contributed by atoms with Gasteiger partial charge in [0, 0.05) is 13.1 Å². The molecule has 0 spiro atoms. The van der Waals surface area contributed by atoms with Crippen LogP contribution in [0.15, 0.2) is 45.5 Å². The van der Waals surface area contributed by atoms with Crippen molar-refractivity contribution >= 4 is 17.7 Å². The molecule has 0 bridgehead atoms. The summed E-state index contributed by atoms with van der Waals surface area (Å²) in [6.07, 6.45) is 3.62. The fourth-order valence-electron chi connectivity index (χ4n) is 2.75. The van der Waals surface area contributed by atoms with Crippen LogP contribution in [-0.4, -0.2) is 33.9 Å². The Morgan fingerprint density at radius 1 is 1.08 bits per heavy atom. The Labute approximate surface area is 137 Å². The normalized spacial score (nSPS) is 14.5. The maximum atomic E-state index is 12.5. The Morgan fingerprint density at radius 3 is 2.42 bits per heavy atom. The third-order valence-electron chi connectivity index (χ3n) is 4.06. The predicted octanol–water partition coefficient (Wildman–Crippen LogP) is 0.965. The van der Waals surface area contributed by atoms with Crippen molar-refractivity contribution in [3.63, 3.8) is 0 Å². The summed E-state index contributed by atoms with van der Waals surface area (Å²) in [5.41, 5.74) is 6.13. The van der Waals surface area contributed by atoms with Crippen LogP contribution in [0, 0.1) is 0 Å². The maximum absolute atomic E-state index is 12.5. The third kappa shape index (κ3) is 3.29. The van der Waals surface area contributed by atoms with E-state index in [1.54, 1.807) is 4.90 Å². The van der Waals surface area contributed by atoms with Crippen LogP contribution < -0.4 is 17.0 Å². The minimum absolute atomic E-state index is 0.140. The maximum Gasteiger partial charge on any atom is 0.326 e. The SMILES string of the molecule is Nc1c(C(=O)N2CCC(=Cc3ccccc3)CC2)[nH]c(=O)[nH]c1=O. The largest absolute Gasteiger partial charge is 0.392 e. The summed E-state index contributed by atoms with van der Waals surface area (Å²) in [4.78, 5) is 41.3. The monoisotopic (exact) mass is 326 g/mol. The number of H-pyrrole nitrogens is 2. The molecular weight excluding hydrogens is 308 g/mol. The molecule has 1 aromatic carbocycles. The fourth-order valence-corrected chi connectivity index (χ4v) is 2.75. The van der Waals surface area contributed by atoms with Crippen molar-refractivity contribution in [3.05, 3.63) is 68.0 Å². The van der Waals surface area contributed by atoms with Gasteiger partial charge in [-0.3, -0.25) is 14.6 Å². The van der Waals surface area contributed by atoms with Gasteiger partial charge in [0.25, 0.3) is 11.5 Å². The van der Waals surface area contributed by atoms with Crippen LogP contribution in [-0.2, 0) is 0 Å². The van der Waals surface area contributed by atoms with E-state index in [0.29, 0.717) is 13.1 Å². The number of nitrogens with one attached hydrogen (secondary N) is 2. The van der Waals surface area contributed by atoms with Crippen LogP contribution in [0.25, 0.3) is 6.08 Å². The number of nitrogen functional groups attached to an aromatic ring is 1. The Balaban J connectivity index is 1.73. The topological polar surface area (TPSA) is 112 Å². The minimum Gasteiger partial charge on any atom is -0.392 e. The zero-order chi connectivity index (χ0) is 17.1. The number of hydrogen-bond donors (Lipinski definition) is 3. The highest BCUT2D eigenvalue weighted by atomic mass is 16.2. The average molecular weight is 326 g/mol. The summed E-state index contributed by atoms with van der Waals surface area (Å²) in [5, 5.41) is 0. The zero-order valence-corrected chi connectivity index (χ0v) is 13.0. The lowest BCUT2D eigenvalue weighted by Crippen LogP contribution is -2.39. The molecule has 1 fully saturated rings. The first-order valence-electron chi connectivity index (χ1n) is 7.70. The quantitative estimate of drug-likeness (QED) is 0.763. The average Bonchev–Trinajstić information content (AvgIpc) is 2.59. The summed E-state index contributed by atoms with van der Waals surface area (Å²) >= 11 is 0. The molecule has 0 aliphatic carbocycles. The molecule has 0 unspecified atom stereocenters. The molecule has 2 aromatic rings. The molecule has 0 saturated carbocycles. The number of nitrogens with zero attached hydrogens (tertiary/aromatic N) is 1. The van der Waals surface area contributed by atoms with Crippen molar-refractivity contribution in [3.8, 4) is 0 Å². The van der Waals surface area contributed by atoms with E-state index in [1.165, 1.54) is 5.57 Å². The van der Waals surface area contributed by atoms with Crippen molar-refractivity contribution in [1.29, 1.82) is 0 Å². The Hall–Kier alpha value is -3.09. The van der Waals surface area contributed by atoms with Gasteiger partial charge in [0.2, 0.25) is 0 Å². The molecule has 1 aliphatic heterocycles. The fraction of sp³-hybridized carbons (Fsp3) is 0.235. The number of aromatic nitrogens is 2. The Bertz CT molecular complexity index is 886. The molecule has 3 rings (SSSR count). The Morgan fingerprint density at radius 2 is 1.75 bits per heavy atom. The number of nitrogens with two attached hydrogens (primary N) is 1. The molecule has 2 heterocycles. The van der Waals surface area contributed by atoms with Gasteiger partial charge in [-0.25, -0.2) is 4.79 Å². The molecule has 1 saturated heterocycles. The summed E-state index contributed by atoms with van der Waals surface area (Å²) in [6.45, 7) is 1.04. The molecule has 1 aliphatic rings. The van der Waals surface area contributed by atoms with E-state index in [0.717, 1.165) is 18.4 Å². The number of piperidine rings is 1. The van der Waals surface area contributed by atoms with Crippen LogP contribution in [0.2, 0.25) is 0 Å². The van der Waals surface area contributed by atoms with Gasteiger partial charge >= 0.3 is 5.69 Å². The van der Waals surface area contributed by atoms with Gasteiger partial charge in [0.15, 0.2) is 0 Å². The van der Waals surface area contributed by atoms with E-state index in [9.17, 15) is 14.4 Å². The molecular formula is C17H18N4O3. The van der Waals surface area contributed by atoms with Gasteiger partial charge in [-0.2, -0.15) is 0 Å². The Kier molecular flexibility index (Phi) is 4.33. The van der Waals surface area contributed by atoms with Crippen molar-refractivity contribution < 1.29 is 4.79 Å². The second-order valence-electron chi connectivity index (χ2n) is 5.70. The van der Waals surface area contributed by atoms with Crippen molar-refractivity contribution in [2.24, 2.45) is 0 Å².